The Morgan fingerprint density at radius 3 is 2.07 bits per heavy atom. The summed E-state index contributed by atoms with van der Waals surface area (Å²) < 4.78 is 0. The molecule has 0 rings (SSSR count). The third-order valence-electron chi connectivity index (χ3n) is 3.02. The minimum atomic E-state index is -0.259. The molecule has 0 saturated heterocycles. The molecule has 15 heavy (non-hydrogen) atoms. The van der Waals surface area contributed by atoms with Crippen molar-refractivity contribution in [2.45, 2.75) is 59.2 Å². The second-order valence-electron chi connectivity index (χ2n) is 4.88. The van der Waals surface area contributed by atoms with E-state index in [-0.39, 0.29) is 6.10 Å². The normalized spacial score (nSPS) is 17.9. The molecule has 2 heteroatoms. The van der Waals surface area contributed by atoms with Crippen molar-refractivity contribution in [1.82, 2.24) is 4.90 Å². The highest BCUT2D eigenvalue weighted by atomic mass is 16.3. The molecule has 0 amide bonds. The molecular formula is C13H27NO. The van der Waals surface area contributed by atoms with E-state index in [4.69, 9.17) is 0 Å². The van der Waals surface area contributed by atoms with E-state index >= 15 is 0 Å². The average Bonchev–Trinajstić information content (AvgIpc) is 2.12. The Bertz CT molecular complexity index is 177. The maximum atomic E-state index is 9.47. The van der Waals surface area contributed by atoms with Gasteiger partial charge in [-0.3, -0.25) is 4.90 Å². The van der Waals surface area contributed by atoms with E-state index in [1.165, 1.54) is 0 Å². The first-order valence-corrected chi connectivity index (χ1v) is 5.94. The van der Waals surface area contributed by atoms with Gasteiger partial charge in [-0.15, -0.1) is 6.58 Å². The summed E-state index contributed by atoms with van der Waals surface area (Å²) in [4.78, 5) is 2.36. The van der Waals surface area contributed by atoms with Gasteiger partial charge in [0.05, 0.1) is 6.10 Å². The van der Waals surface area contributed by atoms with E-state index in [1.54, 1.807) is 0 Å². The minimum absolute atomic E-state index is 0.259. The molecule has 3 unspecified atom stereocenters. The summed E-state index contributed by atoms with van der Waals surface area (Å²) in [6.07, 6.45) is 2.75. The van der Waals surface area contributed by atoms with Gasteiger partial charge >= 0.3 is 0 Å². The molecule has 90 valence electrons. The second-order valence-corrected chi connectivity index (χ2v) is 4.88. The van der Waals surface area contributed by atoms with Crippen LogP contribution < -0.4 is 0 Å². The fraction of sp³-hybridized carbons (Fsp3) is 0.846. The lowest BCUT2D eigenvalue weighted by atomic mass is 9.97. The molecule has 0 aromatic rings. The highest BCUT2D eigenvalue weighted by molar-refractivity contribution is 4.81. The van der Waals surface area contributed by atoms with E-state index in [0.29, 0.717) is 18.0 Å². The monoisotopic (exact) mass is 213 g/mol. The Hall–Kier alpha value is -0.340. The van der Waals surface area contributed by atoms with Crippen molar-refractivity contribution in [2.24, 2.45) is 5.92 Å². The second kappa shape index (κ2) is 7.02. The van der Waals surface area contributed by atoms with Gasteiger partial charge in [0.15, 0.2) is 0 Å². The summed E-state index contributed by atoms with van der Waals surface area (Å²) in [6, 6.07) is 0.958. The topological polar surface area (TPSA) is 23.5 Å². The fourth-order valence-corrected chi connectivity index (χ4v) is 1.94. The molecule has 0 fully saturated rings. The third kappa shape index (κ3) is 5.33. The first-order chi connectivity index (χ1) is 6.90. The van der Waals surface area contributed by atoms with E-state index < -0.39 is 0 Å². The lowest BCUT2D eigenvalue weighted by Gasteiger charge is -2.36. The highest BCUT2D eigenvalue weighted by Crippen LogP contribution is 2.17. The lowest BCUT2D eigenvalue weighted by molar-refractivity contribution is 0.0619. The van der Waals surface area contributed by atoms with Crippen LogP contribution in [0.3, 0.4) is 0 Å². The van der Waals surface area contributed by atoms with Crippen LogP contribution in [-0.2, 0) is 0 Å². The number of hydrogen-bond acceptors (Lipinski definition) is 2. The molecule has 0 aliphatic heterocycles. The predicted octanol–water partition coefficient (Wildman–Crippen LogP) is 2.68. The van der Waals surface area contributed by atoms with Gasteiger partial charge in [0, 0.05) is 18.6 Å². The molecule has 0 aromatic carbocycles. The van der Waals surface area contributed by atoms with E-state index in [0.717, 1.165) is 13.0 Å². The van der Waals surface area contributed by atoms with Crippen molar-refractivity contribution >= 4 is 0 Å². The van der Waals surface area contributed by atoms with Gasteiger partial charge in [-0.05, 0) is 40.0 Å². The molecule has 1 N–H and O–H groups in total. The van der Waals surface area contributed by atoms with Gasteiger partial charge in [0.1, 0.15) is 0 Å². The zero-order valence-electron chi connectivity index (χ0n) is 10.9. The molecular weight excluding hydrogens is 186 g/mol. The quantitative estimate of drug-likeness (QED) is 0.657. The SMILES string of the molecule is C=CCC(C)C(C)N(CC(C)O)C(C)C. The Labute approximate surface area is 95.0 Å². The van der Waals surface area contributed by atoms with Crippen molar-refractivity contribution in [3.05, 3.63) is 12.7 Å². The number of aliphatic hydroxyl groups is 1. The van der Waals surface area contributed by atoms with Crippen LogP contribution in [-0.4, -0.2) is 34.7 Å². The molecule has 0 heterocycles. The average molecular weight is 213 g/mol. The van der Waals surface area contributed by atoms with Crippen LogP contribution in [0.15, 0.2) is 12.7 Å². The number of nitrogens with zero attached hydrogens (tertiary/aromatic N) is 1. The number of rotatable bonds is 7. The van der Waals surface area contributed by atoms with Gasteiger partial charge in [-0.25, -0.2) is 0 Å². The summed E-state index contributed by atoms with van der Waals surface area (Å²) in [7, 11) is 0. The van der Waals surface area contributed by atoms with E-state index in [1.807, 2.05) is 13.0 Å². The van der Waals surface area contributed by atoms with E-state index in [2.05, 4.69) is 39.2 Å². The van der Waals surface area contributed by atoms with Gasteiger partial charge < -0.3 is 5.11 Å². The van der Waals surface area contributed by atoms with Gasteiger partial charge in [-0.1, -0.05) is 13.0 Å². The number of hydrogen-bond donors (Lipinski definition) is 1. The van der Waals surface area contributed by atoms with Crippen LogP contribution in [0.25, 0.3) is 0 Å². The largest absolute Gasteiger partial charge is 0.392 e. The maximum Gasteiger partial charge on any atom is 0.0639 e. The third-order valence-corrected chi connectivity index (χ3v) is 3.02. The summed E-state index contributed by atoms with van der Waals surface area (Å²) in [6.45, 7) is 15.2. The molecule has 0 bridgehead atoms. The maximum absolute atomic E-state index is 9.47. The van der Waals surface area contributed by atoms with Crippen LogP contribution in [0.1, 0.15) is 41.0 Å². The highest BCUT2D eigenvalue weighted by Gasteiger charge is 2.22. The van der Waals surface area contributed by atoms with Crippen LogP contribution in [0.2, 0.25) is 0 Å². The lowest BCUT2D eigenvalue weighted by Crippen LogP contribution is -2.45. The molecule has 0 radical (unpaired) electrons. The summed E-state index contributed by atoms with van der Waals surface area (Å²) in [5, 5.41) is 9.47. The fourth-order valence-electron chi connectivity index (χ4n) is 1.94. The van der Waals surface area contributed by atoms with Gasteiger partial charge in [0.2, 0.25) is 0 Å². The standard InChI is InChI=1S/C13H27NO/c1-7-8-11(4)13(6)14(10(2)3)9-12(5)15/h7,10-13,15H,1,8-9H2,2-6H3. The zero-order valence-corrected chi connectivity index (χ0v) is 10.9. The van der Waals surface area contributed by atoms with Gasteiger partial charge in [0.25, 0.3) is 0 Å². The Morgan fingerprint density at radius 2 is 1.73 bits per heavy atom. The molecule has 0 aromatic heterocycles. The first-order valence-electron chi connectivity index (χ1n) is 5.94. The zero-order chi connectivity index (χ0) is 12.0. The van der Waals surface area contributed by atoms with Crippen molar-refractivity contribution < 1.29 is 5.11 Å². The minimum Gasteiger partial charge on any atom is -0.392 e. The van der Waals surface area contributed by atoms with Crippen molar-refractivity contribution in [1.29, 1.82) is 0 Å². The van der Waals surface area contributed by atoms with Crippen molar-refractivity contribution in [2.75, 3.05) is 6.54 Å². The van der Waals surface area contributed by atoms with Crippen LogP contribution in [0.4, 0.5) is 0 Å². The van der Waals surface area contributed by atoms with Crippen LogP contribution in [0, 0.1) is 5.92 Å². The molecule has 0 spiro atoms. The molecule has 0 saturated carbocycles. The van der Waals surface area contributed by atoms with Crippen molar-refractivity contribution in [3.8, 4) is 0 Å². The summed E-state index contributed by atoms with van der Waals surface area (Å²) in [5.74, 6) is 0.587. The van der Waals surface area contributed by atoms with Gasteiger partial charge in [-0.2, -0.15) is 0 Å². The molecule has 3 atom stereocenters. The van der Waals surface area contributed by atoms with Crippen molar-refractivity contribution in [3.63, 3.8) is 0 Å². The first kappa shape index (κ1) is 14.7. The molecule has 0 aliphatic carbocycles. The Kier molecular flexibility index (Phi) is 6.86. The van der Waals surface area contributed by atoms with Crippen LogP contribution in [0.5, 0.6) is 0 Å². The summed E-state index contributed by atoms with van der Waals surface area (Å²) >= 11 is 0. The van der Waals surface area contributed by atoms with Crippen LogP contribution >= 0.6 is 0 Å². The molecule has 0 aliphatic rings. The predicted molar refractivity (Wildman–Crippen MR) is 67.0 cm³/mol. The number of aliphatic hydroxyl groups excluding tert-OH is 1. The number of allylic oxidation sites excluding steroid dienone is 1. The Balaban J connectivity index is 4.39. The van der Waals surface area contributed by atoms with E-state index in [9.17, 15) is 5.11 Å². The summed E-state index contributed by atoms with van der Waals surface area (Å²) in [5.41, 5.74) is 0. The molecule has 2 nitrogen and oxygen atoms in total. The Morgan fingerprint density at radius 1 is 1.20 bits per heavy atom. The smallest absolute Gasteiger partial charge is 0.0639 e.